The third-order valence-corrected chi connectivity index (χ3v) is 3.82. The van der Waals surface area contributed by atoms with Gasteiger partial charge in [-0.25, -0.2) is 4.68 Å². The van der Waals surface area contributed by atoms with E-state index in [1.807, 2.05) is 0 Å². The Morgan fingerprint density at radius 1 is 1.33 bits per heavy atom. The zero-order valence-corrected chi connectivity index (χ0v) is 10.9. The summed E-state index contributed by atoms with van der Waals surface area (Å²) in [5, 5.41) is 15.5. The minimum absolute atomic E-state index is 0.555. The first-order chi connectivity index (χ1) is 8.90. The van der Waals surface area contributed by atoms with Crippen molar-refractivity contribution in [3.8, 4) is 0 Å². The number of aromatic nitrogens is 4. The van der Waals surface area contributed by atoms with Crippen LogP contribution in [0.15, 0.2) is 0 Å². The molecule has 1 heterocycles. The molecule has 100 valence electrons. The topological polar surface area (TPSA) is 64.9 Å². The lowest BCUT2D eigenvalue weighted by atomic mass is 10.1. The van der Waals surface area contributed by atoms with Crippen LogP contribution >= 0.6 is 0 Å². The number of tetrazole rings is 1. The fraction of sp³-hybridized carbons (Fsp3) is 0.917. The number of rotatable bonds is 8. The van der Waals surface area contributed by atoms with E-state index in [0.29, 0.717) is 6.04 Å². The van der Waals surface area contributed by atoms with Crippen molar-refractivity contribution < 1.29 is 4.74 Å². The molecule has 2 aliphatic rings. The molecule has 6 nitrogen and oxygen atoms in total. The molecule has 2 fully saturated rings. The minimum Gasteiger partial charge on any atom is -0.383 e. The average molecular weight is 251 g/mol. The van der Waals surface area contributed by atoms with E-state index in [2.05, 4.69) is 25.5 Å². The standard InChI is InChI=1S/C12H21N5O/c1-18-7-6-13-8-11-14-15-16-17(11)12(9-2-3-9)10-4-5-10/h9-10,12-13H,2-8H2,1H3. The van der Waals surface area contributed by atoms with E-state index in [1.54, 1.807) is 7.11 Å². The Kier molecular flexibility index (Phi) is 3.56. The summed E-state index contributed by atoms with van der Waals surface area (Å²) in [6, 6.07) is 0.555. The smallest absolute Gasteiger partial charge is 0.165 e. The SMILES string of the molecule is COCCNCc1nnnn1C(C1CC1)C1CC1. The summed E-state index contributed by atoms with van der Waals surface area (Å²) in [6.45, 7) is 2.28. The lowest BCUT2D eigenvalue weighted by Crippen LogP contribution is -2.24. The zero-order chi connectivity index (χ0) is 12.4. The van der Waals surface area contributed by atoms with Crippen molar-refractivity contribution in [2.75, 3.05) is 20.3 Å². The molecule has 0 radical (unpaired) electrons. The van der Waals surface area contributed by atoms with Crippen molar-refractivity contribution in [2.45, 2.75) is 38.3 Å². The Morgan fingerprint density at radius 2 is 2.06 bits per heavy atom. The van der Waals surface area contributed by atoms with Crippen molar-refractivity contribution >= 4 is 0 Å². The maximum absolute atomic E-state index is 5.01. The number of nitrogens with zero attached hydrogens (tertiary/aromatic N) is 4. The van der Waals surface area contributed by atoms with Crippen LogP contribution in [0.25, 0.3) is 0 Å². The van der Waals surface area contributed by atoms with Gasteiger partial charge in [0.25, 0.3) is 0 Å². The summed E-state index contributed by atoms with van der Waals surface area (Å²) in [5.74, 6) is 2.60. The Morgan fingerprint density at radius 3 is 2.67 bits per heavy atom. The van der Waals surface area contributed by atoms with E-state index in [9.17, 15) is 0 Å². The third-order valence-electron chi connectivity index (χ3n) is 3.82. The molecular formula is C12H21N5O. The molecule has 0 unspecified atom stereocenters. The largest absolute Gasteiger partial charge is 0.383 e. The van der Waals surface area contributed by atoms with Gasteiger partial charge in [-0.1, -0.05) is 0 Å². The summed E-state index contributed by atoms with van der Waals surface area (Å²) in [6.07, 6.45) is 5.38. The van der Waals surface area contributed by atoms with Crippen LogP contribution in [-0.2, 0) is 11.3 Å². The lowest BCUT2D eigenvalue weighted by Gasteiger charge is -2.17. The molecule has 0 amide bonds. The molecule has 0 saturated heterocycles. The average Bonchev–Trinajstić information content (AvgIpc) is 3.27. The molecule has 2 aliphatic carbocycles. The van der Waals surface area contributed by atoms with Crippen LogP contribution in [0.1, 0.15) is 37.5 Å². The van der Waals surface area contributed by atoms with Gasteiger partial charge in [-0.15, -0.1) is 5.10 Å². The molecule has 0 aromatic carbocycles. The molecule has 2 saturated carbocycles. The number of nitrogens with one attached hydrogen (secondary N) is 1. The summed E-state index contributed by atoms with van der Waals surface area (Å²) in [4.78, 5) is 0. The second kappa shape index (κ2) is 5.32. The third kappa shape index (κ3) is 2.70. The van der Waals surface area contributed by atoms with Crippen LogP contribution < -0.4 is 5.32 Å². The van der Waals surface area contributed by atoms with Crippen LogP contribution in [0.3, 0.4) is 0 Å². The number of methoxy groups -OCH3 is 1. The van der Waals surface area contributed by atoms with E-state index < -0.39 is 0 Å². The molecule has 1 N–H and O–H groups in total. The van der Waals surface area contributed by atoms with Crippen molar-refractivity contribution in [1.82, 2.24) is 25.5 Å². The number of hydrogen-bond donors (Lipinski definition) is 1. The van der Waals surface area contributed by atoms with Gasteiger partial charge in [-0.05, 0) is 47.9 Å². The lowest BCUT2D eigenvalue weighted by molar-refractivity contribution is 0.198. The molecular weight excluding hydrogens is 230 g/mol. The monoisotopic (exact) mass is 251 g/mol. The normalized spacial score (nSPS) is 19.7. The van der Waals surface area contributed by atoms with Crippen molar-refractivity contribution in [3.05, 3.63) is 5.82 Å². The van der Waals surface area contributed by atoms with E-state index in [4.69, 9.17) is 4.74 Å². The second-order valence-electron chi connectivity index (χ2n) is 5.37. The predicted molar refractivity (Wildman–Crippen MR) is 65.9 cm³/mol. The van der Waals surface area contributed by atoms with Crippen molar-refractivity contribution in [1.29, 1.82) is 0 Å². The van der Waals surface area contributed by atoms with E-state index in [1.165, 1.54) is 25.7 Å². The molecule has 0 aliphatic heterocycles. The first kappa shape index (κ1) is 12.0. The van der Waals surface area contributed by atoms with Gasteiger partial charge in [0, 0.05) is 13.7 Å². The van der Waals surface area contributed by atoms with E-state index >= 15 is 0 Å². The molecule has 1 aromatic heterocycles. The van der Waals surface area contributed by atoms with Gasteiger partial charge in [0.15, 0.2) is 5.82 Å². The van der Waals surface area contributed by atoms with Crippen LogP contribution in [0.5, 0.6) is 0 Å². The van der Waals surface area contributed by atoms with Gasteiger partial charge in [-0.3, -0.25) is 0 Å². The quantitative estimate of drug-likeness (QED) is 0.691. The summed E-state index contributed by atoms with van der Waals surface area (Å²) in [5.41, 5.74) is 0. The van der Waals surface area contributed by atoms with Gasteiger partial charge in [-0.2, -0.15) is 0 Å². The molecule has 0 spiro atoms. The van der Waals surface area contributed by atoms with Gasteiger partial charge in [0.1, 0.15) is 0 Å². The van der Waals surface area contributed by atoms with Crippen LogP contribution in [-0.4, -0.2) is 40.5 Å². The summed E-state index contributed by atoms with van der Waals surface area (Å²) in [7, 11) is 1.71. The van der Waals surface area contributed by atoms with Gasteiger partial charge < -0.3 is 10.1 Å². The van der Waals surface area contributed by atoms with Gasteiger partial charge >= 0.3 is 0 Å². The highest BCUT2D eigenvalue weighted by molar-refractivity contribution is 4.98. The second-order valence-corrected chi connectivity index (χ2v) is 5.37. The molecule has 1 aromatic rings. The van der Waals surface area contributed by atoms with Crippen LogP contribution in [0, 0.1) is 11.8 Å². The molecule has 0 atom stereocenters. The fourth-order valence-electron chi connectivity index (χ4n) is 2.59. The Bertz CT molecular complexity index is 374. The highest BCUT2D eigenvalue weighted by atomic mass is 16.5. The highest BCUT2D eigenvalue weighted by Crippen LogP contribution is 2.51. The first-order valence-electron chi connectivity index (χ1n) is 6.86. The predicted octanol–water partition coefficient (Wildman–Crippen LogP) is 0.770. The Hall–Kier alpha value is -1.01. The molecule has 6 heteroatoms. The number of hydrogen-bond acceptors (Lipinski definition) is 5. The van der Waals surface area contributed by atoms with Crippen LogP contribution in [0.4, 0.5) is 0 Å². The Labute approximate surface area is 107 Å². The van der Waals surface area contributed by atoms with E-state index in [-0.39, 0.29) is 0 Å². The summed E-state index contributed by atoms with van der Waals surface area (Å²) < 4.78 is 7.09. The fourth-order valence-corrected chi connectivity index (χ4v) is 2.59. The van der Waals surface area contributed by atoms with Gasteiger partial charge in [0.2, 0.25) is 0 Å². The van der Waals surface area contributed by atoms with Gasteiger partial charge in [0.05, 0.1) is 19.2 Å². The van der Waals surface area contributed by atoms with E-state index in [0.717, 1.165) is 37.4 Å². The summed E-state index contributed by atoms with van der Waals surface area (Å²) >= 11 is 0. The first-order valence-corrected chi connectivity index (χ1v) is 6.86. The van der Waals surface area contributed by atoms with Crippen LogP contribution in [0.2, 0.25) is 0 Å². The van der Waals surface area contributed by atoms with Crippen molar-refractivity contribution in [2.24, 2.45) is 11.8 Å². The number of ether oxygens (including phenoxy) is 1. The maximum atomic E-state index is 5.01. The maximum Gasteiger partial charge on any atom is 0.165 e. The highest BCUT2D eigenvalue weighted by Gasteiger charge is 2.44. The van der Waals surface area contributed by atoms with Crippen molar-refractivity contribution in [3.63, 3.8) is 0 Å². The molecule has 3 rings (SSSR count). The molecule has 18 heavy (non-hydrogen) atoms. The minimum atomic E-state index is 0.555. The zero-order valence-electron chi connectivity index (χ0n) is 10.9. The Balaban J connectivity index is 1.62. The molecule has 0 bridgehead atoms.